The molecule has 2 heterocycles. The van der Waals surface area contributed by atoms with Crippen LogP contribution in [0.15, 0.2) is 28.9 Å². The third kappa shape index (κ3) is 7.40. The second-order valence-corrected chi connectivity index (χ2v) is 16.2. The van der Waals surface area contributed by atoms with Crippen LogP contribution in [-0.4, -0.2) is 63.7 Å². The normalized spacial score (nSPS) is 15.3. The number of hydrogen-bond acceptors (Lipinski definition) is 5. The van der Waals surface area contributed by atoms with Gasteiger partial charge in [0.1, 0.15) is 5.82 Å². The number of halogens is 5. The Morgan fingerprint density at radius 1 is 1.17 bits per heavy atom. The average Bonchev–Trinajstić information content (AvgIpc) is 2.75. The number of nitrogens with zero attached hydrogens (tertiary/aromatic N) is 3. The van der Waals surface area contributed by atoms with Gasteiger partial charge in [-0.05, 0) is 35.1 Å². The van der Waals surface area contributed by atoms with Gasteiger partial charge in [-0.1, -0.05) is 19.6 Å². The van der Waals surface area contributed by atoms with Crippen LogP contribution >= 0.6 is 15.9 Å². The minimum Gasteiger partial charge on any atom is -0.478 e. The van der Waals surface area contributed by atoms with Crippen LogP contribution in [0.1, 0.15) is 15.9 Å². The maximum Gasteiger partial charge on any atom is 0.417 e. The maximum absolute atomic E-state index is 14.3. The highest BCUT2D eigenvalue weighted by Gasteiger charge is 2.36. The molecule has 2 aromatic rings. The summed E-state index contributed by atoms with van der Waals surface area (Å²) in [7, 11) is 0.522. The molecule has 1 aliphatic rings. The van der Waals surface area contributed by atoms with E-state index in [2.05, 4.69) is 50.8 Å². The van der Waals surface area contributed by atoms with Gasteiger partial charge in [-0.25, -0.2) is 9.37 Å². The third-order valence-electron chi connectivity index (χ3n) is 5.66. The van der Waals surface area contributed by atoms with Gasteiger partial charge in [0.05, 0.1) is 33.6 Å². The number of hydrogen-bond donors (Lipinski definition) is 1. The lowest BCUT2D eigenvalue weighted by molar-refractivity contribution is -0.138. The van der Waals surface area contributed by atoms with Crippen LogP contribution in [-0.2, 0) is 6.18 Å². The number of alkyl halides is 3. The fourth-order valence-corrected chi connectivity index (χ4v) is 4.59. The zero-order valence-electron chi connectivity index (χ0n) is 20.1. The first kappa shape index (κ1) is 27.4. The van der Waals surface area contributed by atoms with E-state index in [0.29, 0.717) is 18.8 Å². The van der Waals surface area contributed by atoms with Crippen LogP contribution in [0.4, 0.5) is 28.9 Å². The van der Waals surface area contributed by atoms with Crippen molar-refractivity contribution in [2.75, 3.05) is 50.1 Å². The van der Waals surface area contributed by atoms with Gasteiger partial charge in [-0.15, -0.1) is 0 Å². The van der Waals surface area contributed by atoms with Crippen LogP contribution in [0.5, 0.6) is 5.88 Å². The molecule has 1 aliphatic heterocycles. The summed E-state index contributed by atoms with van der Waals surface area (Å²) in [6, 6.07) is 4.13. The van der Waals surface area contributed by atoms with E-state index in [1.54, 1.807) is 0 Å². The highest BCUT2D eigenvalue weighted by molar-refractivity contribution is 9.10. The molecule has 12 heteroatoms. The van der Waals surface area contributed by atoms with Gasteiger partial charge < -0.3 is 19.9 Å². The lowest BCUT2D eigenvalue weighted by Crippen LogP contribution is -2.44. The standard InChI is InChI=1S/C23H29BrF4N4O2Si/c1-31-5-7-32(8-6-31)20-13-18(25)17(24)12-19(20)30-22(33)15-14-29-21(11-16(15)23(26,27)28)34-9-10-35(2,3)4/h11-14H,5-10H2,1-4H3,(H,30,33). The number of piperazine rings is 1. The van der Waals surface area contributed by atoms with Gasteiger partial charge in [-0.3, -0.25) is 4.79 Å². The molecule has 0 atom stereocenters. The number of amides is 1. The summed E-state index contributed by atoms with van der Waals surface area (Å²) in [6.45, 7) is 9.26. The number of likely N-dealkylation sites (N-methyl/N-ethyl adjacent to an activating group) is 1. The summed E-state index contributed by atoms with van der Waals surface area (Å²) in [6.07, 6.45) is -3.92. The number of carbonyl (C=O) groups is 1. The number of benzene rings is 1. The molecule has 3 rings (SSSR count). The lowest BCUT2D eigenvalue weighted by Gasteiger charge is -2.35. The molecule has 1 amide bonds. The molecule has 35 heavy (non-hydrogen) atoms. The summed E-state index contributed by atoms with van der Waals surface area (Å²) in [4.78, 5) is 20.9. The van der Waals surface area contributed by atoms with Crippen molar-refractivity contribution in [2.45, 2.75) is 31.9 Å². The van der Waals surface area contributed by atoms with Gasteiger partial charge in [-0.2, -0.15) is 13.2 Å². The quantitative estimate of drug-likeness (QED) is 0.337. The van der Waals surface area contributed by atoms with Crippen LogP contribution < -0.4 is 15.0 Å². The molecule has 1 fully saturated rings. The first-order valence-electron chi connectivity index (χ1n) is 11.2. The zero-order chi connectivity index (χ0) is 26.0. The number of ether oxygens (including phenoxy) is 1. The van der Waals surface area contributed by atoms with Crippen LogP contribution in [0.3, 0.4) is 0 Å². The van der Waals surface area contributed by atoms with Gasteiger partial charge in [0.15, 0.2) is 0 Å². The monoisotopic (exact) mass is 576 g/mol. The number of pyridine rings is 1. The predicted octanol–water partition coefficient (Wildman–Crippen LogP) is 5.72. The Labute approximate surface area is 211 Å². The van der Waals surface area contributed by atoms with Crippen LogP contribution in [0.25, 0.3) is 0 Å². The van der Waals surface area contributed by atoms with Crippen molar-refractivity contribution in [3.8, 4) is 5.88 Å². The zero-order valence-corrected chi connectivity index (χ0v) is 22.7. The van der Waals surface area contributed by atoms with Gasteiger partial charge in [0, 0.05) is 52.6 Å². The molecular weight excluding hydrogens is 548 g/mol. The van der Waals surface area contributed by atoms with Gasteiger partial charge in [0.25, 0.3) is 5.91 Å². The number of rotatable bonds is 7. The third-order valence-corrected chi connectivity index (χ3v) is 7.97. The Balaban J connectivity index is 1.88. The molecule has 0 aliphatic carbocycles. The fourth-order valence-electron chi connectivity index (χ4n) is 3.53. The molecule has 192 valence electrons. The van der Waals surface area contributed by atoms with E-state index in [1.165, 1.54) is 12.1 Å². The SMILES string of the molecule is CN1CCN(c2cc(F)c(Br)cc2NC(=O)c2cnc(OCC[Si](C)(C)C)cc2C(F)(F)F)CC1. The molecule has 1 aromatic heterocycles. The van der Waals surface area contributed by atoms with Gasteiger partial charge in [0.2, 0.25) is 5.88 Å². The van der Waals surface area contributed by atoms with E-state index in [0.717, 1.165) is 31.4 Å². The second kappa shape index (κ2) is 10.8. The molecule has 0 spiro atoms. The molecule has 1 aromatic carbocycles. The van der Waals surface area contributed by atoms with Crippen molar-refractivity contribution in [2.24, 2.45) is 0 Å². The van der Waals surface area contributed by atoms with E-state index in [9.17, 15) is 22.4 Å². The van der Waals surface area contributed by atoms with Crippen molar-refractivity contribution in [3.63, 3.8) is 0 Å². The van der Waals surface area contributed by atoms with E-state index in [4.69, 9.17) is 4.74 Å². The van der Waals surface area contributed by atoms with Crippen molar-refractivity contribution >= 4 is 41.3 Å². The first-order valence-corrected chi connectivity index (χ1v) is 15.7. The van der Waals surface area contributed by atoms with Crippen molar-refractivity contribution in [1.82, 2.24) is 9.88 Å². The predicted molar refractivity (Wildman–Crippen MR) is 135 cm³/mol. The van der Waals surface area contributed by atoms with E-state index >= 15 is 0 Å². The molecule has 6 nitrogen and oxygen atoms in total. The van der Waals surface area contributed by atoms with Crippen molar-refractivity contribution in [3.05, 3.63) is 45.8 Å². The maximum atomic E-state index is 14.3. The first-order chi connectivity index (χ1) is 16.2. The summed E-state index contributed by atoms with van der Waals surface area (Å²) in [5.41, 5.74) is -1.17. The minimum absolute atomic E-state index is 0.0889. The number of anilines is 2. The summed E-state index contributed by atoms with van der Waals surface area (Å²) in [5.74, 6) is -1.71. The smallest absolute Gasteiger partial charge is 0.417 e. The minimum atomic E-state index is -4.80. The molecular formula is C23H29BrF4N4O2Si. The Morgan fingerprint density at radius 2 is 1.83 bits per heavy atom. The molecule has 1 saturated heterocycles. The van der Waals surface area contributed by atoms with E-state index < -0.39 is 37.1 Å². The van der Waals surface area contributed by atoms with E-state index in [-0.39, 0.29) is 22.6 Å². The highest BCUT2D eigenvalue weighted by Crippen LogP contribution is 2.36. The Bertz CT molecular complexity index is 1070. The van der Waals surface area contributed by atoms with Crippen molar-refractivity contribution < 1.29 is 27.1 Å². The topological polar surface area (TPSA) is 57.7 Å². The molecule has 0 unspecified atom stereocenters. The number of nitrogens with one attached hydrogen (secondary N) is 1. The lowest BCUT2D eigenvalue weighted by atomic mass is 10.1. The highest BCUT2D eigenvalue weighted by atomic mass is 79.9. The molecule has 0 saturated carbocycles. The number of carbonyl (C=O) groups excluding carboxylic acids is 1. The summed E-state index contributed by atoms with van der Waals surface area (Å²) < 4.78 is 61.4. The second-order valence-electron chi connectivity index (χ2n) is 9.75. The Kier molecular flexibility index (Phi) is 8.48. The molecule has 0 radical (unpaired) electrons. The Morgan fingerprint density at radius 3 is 2.43 bits per heavy atom. The summed E-state index contributed by atoms with van der Waals surface area (Å²) in [5, 5.41) is 2.53. The summed E-state index contributed by atoms with van der Waals surface area (Å²) >= 11 is 3.09. The molecule has 1 N–H and O–H groups in total. The largest absolute Gasteiger partial charge is 0.478 e. The van der Waals surface area contributed by atoms with Crippen LogP contribution in [0, 0.1) is 5.82 Å². The molecule has 0 bridgehead atoms. The number of aromatic nitrogens is 1. The van der Waals surface area contributed by atoms with Gasteiger partial charge >= 0.3 is 6.18 Å². The average molecular weight is 577 g/mol. The van der Waals surface area contributed by atoms with E-state index in [1.807, 2.05) is 11.9 Å². The fraction of sp³-hybridized carbons (Fsp3) is 0.478. The van der Waals surface area contributed by atoms with Crippen LogP contribution in [0.2, 0.25) is 25.7 Å². The Hall–Kier alpha value is -2.18. The van der Waals surface area contributed by atoms with Crippen molar-refractivity contribution in [1.29, 1.82) is 0 Å².